The summed E-state index contributed by atoms with van der Waals surface area (Å²) in [7, 11) is 1.59. The van der Waals surface area contributed by atoms with Crippen molar-refractivity contribution in [3.63, 3.8) is 0 Å². The number of hydrogen-bond acceptors (Lipinski definition) is 9. The normalized spacial score (nSPS) is 13.6. The van der Waals surface area contributed by atoms with Gasteiger partial charge < -0.3 is 15.4 Å². The molecule has 1 saturated heterocycles. The zero-order valence-electron chi connectivity index (χ0n) is 14.4. The molecule has 0 aliphatic carbocycles. The summed E-state index contributed by atoms with van der Waals surface area (Å²) in [4.78, 5) is 16.9. The minimum absolute atomic E-state index is 0.590. The highest BCUT2D eigenvalue weighted by atomic mass is 32.1. The fraction of sp³-hybridized carbons (Fsp3) is 0.294. The van der Waals surface area contributed by atoms with Crippen LogP contribution in [0.5, 0.6) is 5.88 Å². The van der Waals surface area contributed by atoms with Gasteiger partial charge >= 0.3 is 0 Å². The quantitative estimate of drug-likeness (QED) is 0.668. The van der Waals surface area contributed by atoms with Gasteiger partial charge in [0.25, 0.3) is 0 Å². The van der Waals surface area contributed by atoms with Crippen molar-refractivity contribution in [1.29, 1.82) is 0 Å². The molecule has 1 aliphatic rings. The molecule has 7 nitrogen and oxygen atoms in total. The molecule has 136 valence electrons. The number of nitrogens with zero attached hydrogens (tertiary/aromatic N) is 4. The van der Waals surface area contributed by atoms with E-state index in [0.717, 1.165) is 28.6 Å². The highest BCUT2D eigenvalue weighted by Gasteiger charge is 2.10. The van der Waals surface area contributed by atoms with Crippen LogP contribution in [-0.4, -0.2) is 48.5 Å². The first-order chi connectivity index (χ1) is 12.8. The van der Waals surface area contributed by atoms with Crippen LogP contribution < -0.4 is 15.4 Å². The molecule has 0 radical (unpaired) electrons. The number of rotatable bonds is 4. The Morgan fingerprint density at radius 1 is 1.12 bits per heavy atom. The average molecular weight is 389 g/mol. The molecular formula is C17H20N6OS2. The molecule has 2 N–H and O–H groups in total. The van der Waals surface area contributed by atoms with Gasteiger partial charge in [0.2, 0.25) is 11.0 Å². The first kappa shape index (κ1) is 18.6. The second kappa shape index (κ2) is 9.48. The number of nitrogens with one attached hydrogen (secondary N) is 2. The van der Waals surface area contributed by atoms with Crippen LogP contribution in [0, 0.1) is 0 Å². The fourth-order valence-corrected chi connectivity index (χ4v) is 3.63. The predicted molar refractivity (Wildman–Crippen MR) is 108 cm³/mol. The van der Waals surface area contributed by atoms with E-state index in [1.54, 1.807) is 24.6 Å². The van der Waals surface area contributed by atoms with E-state index < -0.39 is 0 Å². The van der Waals surface area contributed by atoms with E-state index in [1.807, 2.05) is 22.9 Å². The molecule has 26 heavy (non-hydrogen) atoms. The maximum absolute atomic E-state index is 5.04. The molecule has 0 spiro atoms. The second-order valence-corrected chi connectivity index (χ2v) is 7.03. The van der Waals surface area contributed by atoms with E-state index >= 15 is 0 Å². The van der Waals surface area contributed by atoms with Gasteiger partial charge in [0, 0.05) is 35.3 Å². The molecule has 1 aliphatic heterocycles. The molecule has 0 unspecified atom stereocenters. The lowest BCUT2D eigenvalue weighted by Crippen LogP contribution is -2.37. The van der Waals surface area contributed by atoms with Crippen LogP contribution in [0.25, 0.3) is 22.0 Å². The second-order valence-electron chi connectivity index (χ2n) is 5.33. The predicted octanol–water partition coefficient (Wildman–Crippen LogP) is 3.20. The lowest BCUT2D eigenvalue weighted by atomic mass is 10.3. The van der Waals surface area contributed by atoms with Crippen LogP contribution in [0.15, 0.2) is 34.1 Å². The number of thiazole rings is 2. The van der Waals surface area contributed by atoms with Crippen LogP contribution in [0.3, 0.4) is 0 Å². The maximum atomic E-state index is 5.04. The Labute approximate surface area is 160 Å². The first-order valence-corrected chi connectivity index (χ1v) is 9.86. The molecule has 4 rings (SSSR count). The smallest absolute Gasteiger partial charge is 0.212 e. The summed E-state index contributed by atoms with van der Waals surface area (Å²) < 4.78 is 5.04. The standard InChI is InChI=1S/C13H10N4OS2.C4H10N2/c1-14-13-17-10(7-20-13)9-6-19-12(16-9)8-3-4-11(18-2)15-5-8;1-2-5-4-6-3-1/h3-7H,1H2,2H3;5-6H,1-4H2. The van der Waals surface area contributed by atoms with E-state index in [-0.39, 0.29) is 0 Å². The summed E-state index contributed by atoms with van der Waals surface area (Å²) in [5.41, 5.74) is 2.62. The number of aromatic nitrogens is 3. The van der Waals surface area contributed by atoms with Crippen LogP contribution >= 0.6 is 22.7 Å². The third-order valence-corrected chi connectivity index (χ3v) is 5.21. The summed E-state index contributed by atoms with van der Waals surface area (Å²) in [6.45, 7) is 6.84. The van der Waals surface area contributed by atoms with E-state index in [9.17, 15) is 0 Å². The van der Waals surface area contributed by atoms with Crippen LogP contribution in [-0.2, 0) is 0 Å². The van der Waals surface area contributed by atoms with Crippen molar-refractivity contribution in [1.82, 2.24) is 25.6 Å². The van der Waals surface area contributed by atoms with Gasteiger partial charge in [-0.15, -0.1) is 22.7 Å². The van der Waals surface area contributed by atoms with Crippen molar-refractivity contribution in [2.45, 2.75) is 6.42 Å². The molecule has 0 saturated carbocycles. The SMILES string of the molecule is C1CNCNC1.C=Nc1nc(-c2csc(-c3ccc(OC)nc3)n2)cs1. The van der Waals surface area contributed by atoms with Crippen molar-refractivity contribution in [3.8, 4) is 27.8 Å². The van der Waals surface area contributed by atoms with Crippen molar-refractivity contribution < 1.29 is 4.74 Å². The lowest BCUT2D eigenvalue weighted by molar-refractivity contribution is 0.398. The van der Waals surface area contributed by atoms with Crippen molar-refractivity contribution in [2.75, 3.05) is 26.9 Å². The first-order valence-electron chi connectivity index (χ1n) is 8.10. The van der Waals surface area contributed by atoms with Crippen molar-refractivity contribution in [3.05, 3.63) is 29.1 Å². The Hall–Kier alpha value is -2.20. The highest BCUT2D eigenvalue weighted by molar-refractivity contribution is 7.14. The van der Waals surface area contributed by atoms with Gasteiger partial charge in [0.05, 0.1) is 7.11 Å². The largest absolute Gasteiger partial charge is 0.481 e. The van der Waals surface area contributed by atoms with Gasteiger partial charge in [0.1, 0.15) is 16.4 Å². The summed E-state index contributed by atoms with van der Waals surface area (Å²) in [5.74, 6) is 0.590. The minimum atomic E-state index is 0.590. The molecule has 3 aromatic heterocycles. The van der Waals surface area contributed by atoms with E-state index in [2.05, 4.69) is 37.3 Å². The summed E-state index contributed by atoms with van der Waals surface area (Å²) in [6, 6.07) is 3.76. The zero-order chi connectivity index (χ0) is 18.2. The summed E-state index contributed by atoms with van der Waals surface area (Å²) in [6.07, 6.45) is 3.03. The van der Waals surface area contributed by atoms with E-state index in [0.29, 0.717) is 11.0 Å². The number of pyridine rings is 1. The maximum Gasteiger partial charge on any atom is 0.212 e. The van der Waals surface area contributed by atoms with Crippen molar-refractivity contribution >= 4 is 34.5 Å². The summed E-state index contributed by atoms with van der Waals surface area (Å²) >= 11 is 3.00. The number of ether oxygens (including phenoxy) is 1. The summed E-state index contributed by atoms with van der Waals surface area (Å²) in [5, 5.41) is 11.8. The molecule has 0 amide bonds. The third kappa shape index (κ3) is 4.92. The third-order valence-electron chi connectivity index (χ3n) is 3.54. The zero-order valence-corrected chi connectivity index (χ0v) is 16.1. The average Bonchev–Trinajstić information content (AvgIpc) is 3.39. The minimum Gasteiger partial charge on any atom is -0.481 e. The molecule has 4 heterocycles. The fourth-order valence-electron chi connectivity index (χ4n) is 2.21. The lowest BCUT2D eigenvalue weighted by Gasteiger charge is -2.11. The molecule has 0 aromatic carbocycles. The van der Waals surface area contributed by atoms with Crippen LogP contribution in [0.2, 0.25) is 0 Å². The van der Waals surface area contributed by atoms with Crippen molar-refractivity contribution in [2.24, 2.45) is 4.99 Å². The molecule has 1 fully saturated rings. The Morgan fingerprint density at radius 3 is 2.42 bits per heavy atom. The molecular weight excluding hydrogens is 368 g/mol. The van der Waals surface area contributed by atoms with E-state index in [4.69, 9.17) is 4.74 Å². The van der Waals surface area contributed by atoms with Gasteiger partial charge in [-0.3, -0.25) is 0 Å². The topological polar surface area (TPSA) is 84.3 Å². The molecule has 9 heteroatoms. The molecule has 0 bridgehead atoms. The molecule has 3 aromatic rings. The van der Waals surface area contributed by atoms with Crippen LogP contribution in [0.4, 0.5) is 5.13 Å². The number of methoxy groups -OCH3 is 1. The Balaban J connectivity index is 0.000000278. The van der Waals surface area contributed by atoms with Gasteiger partial charge in [-0.05, 0) is 32.3 Å². The van der Waals surface area contributed by atoms with E-state index in [1.165, 1.54) is 30.8 Å². The van der Waals surface area contributed by atoms with Gasteiger partial charge in [0.15, 0.2) is 0 Å². The van der Waals surface area contributed by atoms with Crippen LogP contribution in [0.1, 0.15) is 6.42 Å². The number of aliphatic imine (C=N–C) groups is 1. The van der Waals surface area contributed by atoms with Gasteiger partial charge in [-0.2, -0.15) is 0 Å². The highest BCUT2D eigenvalue weighted by Crippen LogP contribution is 2.31. The monoisotopic (exact) mass is 388 g/mol. The molecule has 0 atom stereocenters. The number of hydrogen-bond donors (Lipinski definition) is 2. The Morgan fingerprint density at radius 2 is 1.88 bits per heavy atom. The Kier molecular flexibility index (Phi) is 6.78. The van der Waals surface area contributed by atoms with Gasteiger partial charge in [-0.25, -0.2) is 19.9 Å². The van der Waals surface area contributed by atoms with Gasteiger partial charge in [-0.1, -0.05) is 0 Å². The Bertz CT molecular complexity index is 814.